The molecule has 0 aliphatic carbocycles. The van der Waals surface area contributed by atoms with Crippen LogP contribution < -0.4 is 5.43 Å². The van der Waals surface area contributed by atoms with E-state index in [1.165, 1.54) is 12.1 Å². The highest BCUT2D eigenvalue weighted by Crippen LogP contribution is 2.17. The number of thiophene rings is 1. The van der Waals surface area contributed by atoms with Crippen molar-refractivity contribution in [2.24, 2.45) is 5.10 Å². The number of benzene rings is 1. The Labute approximate surface area is 115 Å². The second kappa shape index (κ2) is 5.74. The van der Waals surface area contributed by atoms with Crippen LogP contribution in [0.3, 0.4) is 0 Å². The Morgan fingerprint density at radius 3 is 2.61 bits per heavy atom. The van der Waals surface area contributed by atoms with Gasteiger partial charge in [-0.25, -0.2) is 0 Å². The molecule has 5 nitrogen and oxygen atoms in total. The summed E-state index contributed by atoms with van der Waals surface area (Å²) < 4.78 is 0.691. The summed E-state index contributed by atoms with van der Waals surface area (Å²) in [5, 5.41) is 16.6. The van der Waals surface area contributed by atoms with Gasteiger partial charge >= 0.3 is 0 Å². The van der Waals surface area contributed by atoms with Crippen LogP contribution in [0.5, 0.6) is 0 Å². The van der Waals surface area contributed by atoms with E-state index in [0.717, 1.165) is 4.88 Å². The molecule has 0 saturated carbocycles. The van der Waals surface area contributed by atoms with Crippen LogP contribution in [0, 0.1) is 10.1 Å². The van der Waals surface area contributed by atoms with Gasteiger partial charge in [-0.2, -0.15) is 5.10 Å². The first kappa shape index (κ1) is 12.7. The van der Waals surface area contributed by atoms with Gasteiger partial charge in [0.05, 0.1) is 15.5 Å². The number of nitrogens with one attached hydrogen (secondary N) is 1. The molecule has 7 heteroatoms. The molecule has 2 rings (SSSR count). The second-order valence-electron chi connectivity index (χ2n) is 3.30. The van der Waals surface area contributed by atoms with Crippen molar-refractivity contribution in [3.05, 3.63) is 56.8 Å². The van der Waals surface area contributed by atoms with E-state index in [1.54, 1.807) is 23.5 Å². The monoisotopic (exact) mass is 325 g/mol. The molecule has 0 spiro atoms. The number of hydrogen-bond donors (Lipinski definition) is 1. The summed E-state index contributed by atoms with van der Waals surface area (Å²) in [7, 11) is 0. The molecule has 0 saturated heterocycles. The smallest absolute Gasteiger partial charge is 0.269 e. The average Bonchev–Trinajstić information content (AvgIpc) is 2.90. The summed E-state index contributed by atoms with van der Waals surface area (Å²) in [4.78, 5) is 11.1. The van der Waals surface area contributed by atoms with Gasteiger partial charge in [0.1, 0.15) is 4.62 Å². The molecule has 0 fully saturated rings. The molecule has 0 radical (unpaired) electrons. The lowest BCUT2D eigenvalue weighted by Gasteiger charge is -2.00. The number of nitrogens with zero attached hydrogens (tertiary/aromatic N) is 2. The third-order valence-corrected chi connectivity index (χ3v) is 3.83. The molecule has 0 atom stereocenters. The minimum absolute atomic E-state index is 0.0573. The minimum Gasteiger partial charge on any atom is -0.277 e. The molecule has 0 aliphatic rings. The van der Waals surface area contributed by atoms with E-state index in [4.69, 9.17) is 0 Å². The molecular weight excluding hydrogens is 318 g/mol. The summed E-state index contributed by atoms with van der Waals surface area (Å²) >= 11 is 4.92. The molecule has 0 unspecified atom stereocenters. The van der Waals surface area contributed by atoms with Crippen molar-refractivity contribution in [1.29, 1.82) is 0 Å². The highest BCUT2D eigenvalue weighted by molar-refractivity contribution is 9.18. The summed E-state index contributed by atoms with van der Waals surface area (Å²) in [6.07, 6.45) is 0. The Hall–Kier alpha value is -1.73. The van der Waals surface area contributed by atoms with E-state index in [0.29, 0.717) is 10.3 Å². The highest BCUT2D eigenvalue weighted by Gasteiger charge is 2.04. The van der Waals surface area contributed by atoms with Crippen LogP contribution in [0.15, 0.2) is 46.9 Å². The SMILES string of the molecule is O=[N+]([O-])c1ccc(N/N=C(\Br)c2cccs2)cc1. The fraction of sp³-hybridized carbons (Fsp3) is 0. The maximum atomic E-state index is 10.5. The fourth-order valence-electron chi connectivity index (χ4n) is 1.22. The predicted octanol–water partition coefficient (Wildman–Crippen LogP) is 3.82. The van der Waals surface area contributed by atoms with Crippen LogP contribution in [0.1, 0.15) is 4.88 Å². The van der Waals surface area contributed by atoms with Crippen molar-refractivity contribution in [1.82, 2.24) is 0 Å². The van der Waals surface area contributed by atoms with Crippen LogP contribution in [0.4, 0.5) is 11.4 Å². The zero-order valence-electron chi connectivity index (χ0n) is 9.04. The molecule has 0 aliphatic heterocycles. The number of hydrogen-bond acceptors (Lipinski definition) is 5. The molecule has 1 aromatic heterocycles. The largest absolute Gasteiger partial charge is 0.277 e. The van der Waals surface area contributed by atoms with E-state index in [9.17, 15) is 10.1 Å². The lowest BCUT2D eigenvalue weighted by atomic mass is 10.3. The molecule has 2 aromatic rings. The normalized spacial score (nSPS) is 11.3. The van der Waals surface area contributed by atoms with Crippen molar-refractivity contribution < 1.29 is 4.92 Å². The summed E-state index contributed by atoms with van der Waals surface area (Å²) in [5.74, 6) is 0. The van der Waals surface area contributed by atoms with Crippen LogP contribution in [0.2, 0.25) is 0 Å². The number of nitro benzene ring substituents is 1. The maximum absolute atomic E-state index is 10.5. The molecule has 1 N–H and O–H groups in total. The molecular formula is C11H8BrN3O2S. The minimum atomic E-state index is -0.436. The quantitative estimate of drug-likeness (QED) is 0.527. The number of non-ortho nitro benzene ring substituents is 1. The lowest BCUT2D eigenvalue weighted by Crippen LogP contribution is -1.95. The third kappa shape index (κ3) is 3.14. The second-order valence-corrected chi connectivity index (χ2v) is 4.99. The van der Waals surface area contributed by atoms with Gasteiger partial charge in [-0.3, -0.25) is 15.5 Å². The molecule has 18 heavy (non-hydrogen) atoms. The Morgan fingerprint density at radius 1 is 1.33 bits per heavy atom. The number of anilines is 1. The number of nitro groups is 1. The zero-order chi connectivity index (χ0) is 13.0. The van der Waals surface area contributed by atoms with Crippen LogP contribution in [-0.4, -0.2) is 9.54 Å². The molecule has 1 aromatic carbocycles. The van der Waals surface area contributed by atoms with Gasteiger partial charge in [0.2, 0.25) is 0 Å². The van der Waals surface area contributed by atoms with E-state index in [1.807, 2.05) is 17.5 Å². The molecule has 1 heterocycles. The standard InChI is InChI=1S/C11H8BrN3O2S/c12-11(10-2-1-7-18-10)14-13-8-3-5-9(6-4-8)15(16)17/h1-7,13H/b14-11-. The Morgan fingerprint density at radius 2 is 2.06 bits per heavy atom. The average molecular weight is 326 g/mol. The van der Waals surface area contributed by atoms with E-state index in [-0.39, 0.29) is 5.69 Å². The van der Waals surface area contributed by atoms with Gasteiger partial charge in [0.15, 0.2) is 0 Å². The van der Waals surface area contributed by atoms with Crippen molar-refractivity contribution >= 4 is 43.3 Å². The molecule has 92 valence electrons. The van der Waals surface area contributed by atoms with Gasteiger partial charge in [-0.1, -0.05) is 6.07 Å². The Bertz CT molecular complexity index is 566. The fourth-order valence-corrected chi connectivity index (χ4v) is 2.33. The number of hydrazone groups is 1. The van der Waals surface area contributed by atoms with Gasteiger partial charge in [-0.05, 0) is 39.5 Å². The topological polar surface area (TPSA) is 67.5 Å². The zero-order valence-corrected chi connectivity index (χ0v) is 11.4. The summed E-state index contributed by atoms with van der Waals surface area (Å²) in [6.45, 7) is 0. The molecule has 0 amide bonds. The first-order chi connectivity index (χ1) is 8.66. The van der Waals surface area contributed by atoms with Crippen molar-refractivity contribution in [3.8, 4) is 0 Å². The Balaban J connectivity index is 2.06. The number of rotatable bonds is 4. The van der Waals surface area contributed by atoms with E-state index >= 15 is 0 Å². The lowest BCUT2D eigenvalue weighted by molar-refractivity contribution is -0.384. The summed E-state index contributed by atoms with van der Waals surface area (Å²) in [6, 6.07) is 9.94. The van der Waals surface area contributed by atoms with E-state index < -0.39 is 4.92 Å². The van der Waals surface area contributed by atoms with Crippen molar-refractivity contribution in [2.75, 3.05) is 5.43 Å². The maximum Gasteiger partial charge on any atom is 0.269 e. The van der Waals surface area contributed by atoms with Gasteiger partial charge < -0.3 is 0 Å². The number of halogens is 1. The predicted molar refractivity (Wildman–Crippen MR) is 76.5 cm³/mol. The van der Waals surface area contributed by atoms with Gasteiger partial charge in [0, 0.05) is 12.1 Å². The summed E-state index contributed by atoms with van der Waals surface area (Å²) in [5.41, 5.74) is 3.57. The first-order valence-corrected chi connectivity index (χ1v) is 6.61. The van der Waals surface area contributed by atoms with Crippen LogP contribution in [-0.2, 0) is 0 Å². The molecule has 0 bridgehead atoms. The van der Waals surface area contributed by atoms with Crippen molar-refractivity contribution in [3.63, 3.8) is 0 Å². The third-order valence-electron chi connectivity index (χ3n) is 2.09. The highest BCUT2D eigenvalue weighted by atomic mass is 79.9. The van der Waals surface area contributed by atoms with Gasteiger partial charge in [0.25, 0.3) is 5.69 Å². The van der Waals surface area contributed by atoms with Crippen LogP contribution in [0.25, 0.3) is 0 Å². The van der Waals surface area contributed by atoms with E-state index in [2.05, 4.69) is 26.5 Å². The van der Waals surface area contributed by atoms with Crippen LogP contribution >= 0.6 is 27.3 Å². The Kier molecular flexibility index (Phi) is 4.06. The van der Waals surface area contributed by atoms with Crippen molar-refractivity contribution in [2.45, 2.75) is 0 Å². The van der Waals surface area contributed by atoms with Gasteiger partial charge in [-0.15, -0.1) is 11.3 Å². The first-order valence-electron chi connectivity index (χ1n) is 4.94.